The molecule has 0 unspecified atom stereocenters. The second-order valence-electron chi connectivity index (χ2n) is 6.15. The number of amides is 1. The third-order valence-electron chi connectivity index (χ3n) is 4.76. The fraction of sp³-hybridized carbons (Fsp3) is 0.733. The molecule has 5 nitrogen and oxygen atoms in total. The van der Waals surface area contributed by atoms with Crippen LogP contribution < -0.4 is 0 Å². The molecule has 1 N–H and O–H groups in total. The fourth-order valence-corrected chi connectivity index (χ4v) is 3.50. The number of nitrogens with zero attached hydrogens (tertiary/aromatic N) is 3. The molecule has 5 heteroatoms. The number of hydrogen-bond donors (Lipinski definition) is 1. The van der Waals surface area contributed by atoms with E-state index in [0.29, 0.717) is 18.5 Å². The van der Waals surface area contributed by atoms with Crippen molar-refractivity contribution in [3.8, 4) is 0 Å². The van der Waals surface area contributed by atoms with Crippen LogP contribution in [0.4, 0.5) is 0 Å². The van der Waals surface area contributed by atoms with E-state index in [2.05, 4.69) is 20.0 Å². The van der Waals surface area contributed by atoms with E-state index in [1.165, 1.54) is 31.2 Å². The Morgan fingerprint density at radius 2 is 2.00 bits per heavy atom. The standard InChI is InChI=1S/C15H24N4O/c1-11-14(12(2)17-16-11)9-18-7-8-19(15(20)10-18)13-5-3-4-6-13/h13H,3-10H2,1-2H3,(H,16,17). The number of H-pyrrole nitrogens is 1. The molecule has 3 rings (SSSR count). The van der Waals surface area contributed by atoms with Crippen molar-refractivity contribution < 1.29 is 4.79 Å². The second-order valence-corrected chi connectivity index (χ2v) is 6.15. The first-order valence-corrected chi connectivity index (χ1v) is 7.67. The number of aromatic amines is 1. The zero-order valence-corrected chi connectivity index (χ0v) is 12.5. The molecule has 1 aliphatic carbocycles. The van der Waals surface area contributed by atoms with Gasteiger partial charge >= 0.3 is 0 Å². The van der Waals surface area contributed by atoms with Gasteiger partial charge in [0.2, 0.25) is 5.91 Å². The highest BCUT2D eigenvalue weighted by molar-refractivity contribution is 5.79. The molecule has 0 spiro atoms. The Morgan fingerprint density at radius 1 is 1.25 bits per heavy atom. The molecule has 1 amide bonds. The van der Waals surface area contributed by atoms with E-state index in [4.69, 9.17) is 0 Å². The van der Waals surface area contributed by atoms with Gasteiger partial charge in [-0.2, -0.15) is 5.10 Å². The average molecular weight is 276 g/mol. The summed E-state index contributed by atoms with van der Waals surface area (Å²) in [5.74, 6) is 0.307. The lowest BCUT2D eigenvalue weighted by Gasteiger charge is -2.37. The quantitative estimate of drug-likeness (QED) is 0.912. The Morgan fingerprint density at radius 3 is 2.60 bits per heavy atom. The van der Waals surface area contributed by atoms with Gasteiger partial charge in [0.25, 0.3) is 0 Å². The lowest BCUT2D eigenvalue weighted by molar-refractivity contribution is -0.138. The molecular formula is C15H24N4O. The van der Waals surface area contributed by atoms with Crippen LogP contribution >= 0.6 is 0 Å². The topological polar surface area (TPSA) is 52.2 Å². The van der Waals surface area contributed by atoms with Crippen LogP contribution in [0, 0.1) is 13.8 Å². The van der Waals surface area contributed by atoms with E-state index in [9.17, 15) is 4.79 Å². The highest BCUT2D eigenvalue weighted by Gasteiger charge is 2.31. The minimum atomic E-state index is 0.307. The van der Waals surface area contributed by atoms with Gasteiger partial charge < -0.3 is 4.90 Å². The second kappa shape index (κ2) is 5.56. The molecule has 0 bridgehead atoms. The van der Waals surface area contributed by atoms with E-state index >= 15 is 0 Å². The van der Waals surface area contributed by atoms with Crippen LogP contribution in [0.15, 0.2) is 0 Å². The maximum atomic E-state index is 12.4. The zero-order valence-electron chi connectivity index (χ0n) is 12.5. The van der Waals surface area contributed by atoms with Crippen molar-refractivity contribution in [3.63, 3.8) is 0 Å². The molecule has 2 fully saturated rings. The Bertz CT molecular complexity index is 471. The lowest BCUT2D eigenvalue weighted by Crippen LogP contribution is -2.53. The molecule has 1 aromatic rings. The van der Waals surface area contributed by atoms with Gasteiger partial charge in [-0.15, -0.1) is 0 Å². The lowest BCUT2D eigenvalue weighted by atomic mass is 10.1. The molecule has 0 radical (unpaired) electrons. The van der Waals surface area contributed by atoms with Gasteiger partial charge in [-0.05, 0) is 26.7 Å². The van der Waals surface area contributed by atoms with E-state index in [-0.39, 0.29) is 0 Å². The van der Waals surface area contributed by atoms with Crippen LogP contribution in [0.5, 0.6) is 0 Å². The summed E-state index contributed by atoms with van der Waals surface area (Å²) in [6, 6.07) is 0.516. The van der Waals surface area contributed by atoms with Crippen molar-refractivity contribution in [3.05, 3.63) is 17.0 Å². The molecule has 20 heavy (non-hydrogen) atoms. The molecule has 1 aromatic heterocycles. The summed E-state index contributed by atoms with van der Waals surface area (Å²) >= 11 is 0. The zero-order chi connectivity index (χ0) is 14.1. The summed E-state index contributed by atoms with van der Waals surface area (Å²) < 4.78 is 0. The molecule has 0 aromatic carbocycles. The highest BCUT2D eigenvalue weighted by Crippen LogP contribution is 2.25. The van der Waals surface area contributed by atoms with Crippen LogP contribution in [0.1, 0.15) is 42.6 Å². The van der Waals surface area contributed by atoms with Gasteiger partial charge in [0.05, 0.1) is 12.2 Å². The minimum Gasteiger partial charge on any atom is -0.337 e. The van der Waals surface area contributed by atoms with E-state index in [0.717, 1.165) is 31.0 Å². The Kier molecular flexibility index (Phi) is 3.78. The Labute approximate surface area is 120 Å². The first kappa shape index (κ1) is 13.6. The summed E-state index contributed by atoms with van der Waals surface area (Å²) in [7, 11) is 0. The first-order valence-electron chi connectivity index (χ1n) is 7.67. The average Bonchev–Trinajstić information content (AvgIpc) is 3.04. The third-order valence-corrected chi connectivity index (χ3v) is 4.76. The largest absolute Gasteiger partial charge is 0.337 e. The van der Waals surface area contributed by atoms with Gasteiger partial charge in [0, 0.05) is 36.9 Å². The number of carbonyl (C=O) groups excluding carboxylic acids is 1. The first-order chi connectivity index (χ1) is 9.65. The van der Waals surface area contributed by atoms with Crippen molar-refractivity contribution in [2.45, 2.75) is 52.1 Å². The SMILES string of the molecule is Cc1n[nH]c(C)c1CN1CCN(C2CCCC2)C(=O)C1. The molecule has 1 saturated carbocycles. The number of aromatic nitrogens is 2. The molecule has 1 saturated heterocycles. The van der Waals surface area contributed by atoms with Crippen LogP contribution in [0.3, 0.4) is 0 Å². The molecule has 2 heterocycles. The van der Waals surface area contributed by atoms with E-state index in [1.54, 1.807) is 0 Å². The smallest absolute Gasteiger partial charge is 0.237 e. The number of piperazine rings is 1. The van der Waals surface area contributed by atoms with Crippen molar-refractivity contribution in [2.75, 3.05) is 19.6 Å². The highest BCUT2D eigenvalue weighted by atomic mass is 16.2. The number of aryl methyl sites for hydroxylation is 2. The molecular weight excluding hydrogens is 252 g/mol. The predicted molar refractivity (Wildman–Crippen MR) is 77.3 cm³/mol. The maximum Gasteiger partial charge on any atom is 0.237 e. The molecule has 1 aliphatic heterocycles. The fourth-order valence-electron chi connectivity index (χ4n) is 3.50. The van der Waals surface area contributed by atoms with Crippen LogP contribution in [0.2, 0.25) is 0 Å². The predicted octanol–water partition coefficient (Wildman–Crippen LogP) is 1.61. The Balaban J connectivity index is 1.61. The summed E-state index contributed by atoms with van der Waals surface area (Å²) in [6.07, 6.45) is 4.97. The normalized spacial score (nSPS) is 21.9. The van der Waals surface area contributed by atoms with Gasteiger partial charge in [0.15, 0.2) is 0 Å². The van der Waals surface area contributed by atoms with Crippen LogP contribution in [0.25, 0.3) is 0 Å². The summed E-state index contributed by atoms with van der Waals surface area (Å²) in [5, 5.41) is 7.25. The summed E-state index contributed by atoms with van der Waals surface area (Å²) in [5.41, 5.74) is 3.41. The summed E-state index contributed by atoms with van der Waals surface area (Å²) in [6.45, 7) is 7.33. The van der Waals surface area contributed by atoms with Crippen molar-refractivity contribution in [1.29, 1.82) is 0 Å². The van der Waals surface area contributed by atoms with Gasteiger partial charge in [-0.1, -0.05) is 12.8 Å². The number of rotatable bonds is 3. The van der Waals surface area contributed by atoms with E-state index < -0.39 is 0 Å². The van der Waals surface area contributed by atoms with Gasteiger partial charge in [-0.3, -0.25) is 14.8 Å². The summed E-state index contributed by atoms with van der Waals surface area (Å²) in [4.78, 5) is 16.7. The number of nitrogens with one attached hydrogen (secondary N) is 1. The minimum absolute atomic E-state index is 0.307. The van der Waals surface area contributed by atoms with Crippen LogP contribution in [-0.4, -0.2) is 51.6 Å². The molecule has 110 valence electrons. The monoisotopic (exact) mass is 276 g/mol. The van der Waals surface area contributed by atoms with E-state index in [1.807, 2.05) is 13.8 Å². The molecule has 0 atom stereocenters. The van der Waals surface area contributed by atoms with Crippen molar-refractivity contribution in [2.24, 2.45) is 0 Å². The van der Waals surface area contributed by atoms with Crippen molar-refractivity contribution >= 4 is 5.91 Å². The number of carbonyl (C=O) groups is 1. The number of hydrogen-bond acceptors (Lipinski definition) is 3. The van der Waals surface area contributed by atoms with Gasteiger partial charge in [-0.25, -0.2) is 0 Å². The van der Waals surface area contributed by atoms with Gasteiger partial charge in [0.1, 0.15) is 0 Å². The third kappa shape index (κ3) is 2.59. The Hall–Kier alpha value is -1.36. The molecule has 2 aliphatic rings. The maximum absolute atomic E-state index is 12.4. The van der Waals surface area contributed by atoms with Crippen molar-refractivity contribution in [1.82, 2.24) is 20.0 Å². The van der Waals surface area contributed by atoms with Crippen LogP contribution in [-0.2, 0) is 11.3 Å².